The molecule has 0 saturated heterocycles. The van der Waals surface area contributed by atoms with Crippen LogP contribution in [0.5, 0.6) is 5.75 Å². The van der Waals surface area contributed by atoms with E-state index in [4.69, 9.17) is 22.7 Å². The third-order valence-electron chi connectivity index (χ3n) is 2.17. The topological polar surface area (TPSA) is 35.2 Å². The van der Waals surface area contributed by atoms with E-state index >= 15 is 0 Å². The predicted octanol–water partition coefficient (Wildman–Crippen LogP) is 2.83. The SMILES string of the molecule is Cc1ccccc1OCCCCC(N)=S. The van der Waals surface area contributed by atoms with Crippen molar-refractivity contribution in [2.24, 2.45) is 5.73 Å². The second-order valence-corrected chi connectivity index (χ2v) is 4.06. The van der Waals surface area contributed by atoms with Crippen LogP contribution in [0.1, 0.15) is 24.8 Å². The minimum Gasteiger partial charge on any atom is -0.493 e. The number of unbranched alkanes of at least 4 members (excludes halogenated alkanes) is 1. The molecular weight excluding hydrogens is 206 g/mol. The van der Waals surface area contributed by atoms with Crippen LogP contribution in [0.15, 0.2) is 24.3 Å². The molecule has 1 aromatic carbocycles. The molecule has 0 radical (unpaired) electrons. The minimum atomic E-state index is 0.589. The fraction of sp³-hybridized carbons (Fsp3) is 0.417. The fourth-order valence-electron chi connectivity index (χ4n) is 1.30. The van der Waals surface area contributed by atoms with Gasteiger partial charge in [-0.2, -0.15) is 0 Å². The van der Waals surface area contributed by atoms with Crippen LogP contribution in [-0.2, 0) is 0 Å². The van der Waals surface area contributed by atoms with Crippen molar-refractivity contribution in [3.63, 3.8) is 0 Å². The number of hydrogen-bond donors (Lipinski definition) is 1. The van der Waals surface area contributed by atoms with Crippen molar-refractivity contribution in [2.45, 2.75) is 26.2 Å². The third kappa shape index (κ3) is 4.79. The van der Waals surface area contributed by atoms with E-state index in [1.807, 2.05) is 31.2 Å². The Bertz CT molecular complexity index is 325. The van der Waals surface area contributed by atoms with Gasteiger partial charge in [0.2, 0.25) is 0 Å². The van der Waals surface area contributed by atoms with Gasteiger partial charge in [-0.15, -0.1) is 0 Å². The highest BCUT2D eigenvalue weighted by molar-refractivity contribution is 7.80. The smallest absolute Gasteiger partial charge is 0.122 e. The first-order valence-electron chi connectivity index (χ1n) is 5.17. The van der Waals surface area contributed by atoms with E-state index in [1.54, 1.807) is 0 Å². The van der Waals surface area contributed by atoms with E-state index in [-0.39, 0.29) is 0 Å². The molecular formula is C12H17NOS. The number of aryl methyl sites for hydroxylation is 1. The summed E-state index contributed by atoms with van der Waals surface area (Å²) in [7, 11) is 0. The maximum Gasteiger partial charge on any atom is 0.122 e. The molecule has 0 spiro atoms. The van der Waals surface area contributed by atoms with Gasteiger partial charge in [0.25, 0.3) is 0 Å². The Morgan fingerprint density at radius 3 is 2.73 bits per heavy atom. The number of thiocarbonyl (C=S) groups is 1. The molecule has 2 N–H and O–H groups in total. The van der Waals surface area contributed by atoms with Crippen LogP contribution in [0.25, 0.3) is 0 Å². The van der Waals surface area contributed by atoms with Crippen molar-refractivity contribution < 1.29 is 4.74 Å². The summed E-state index contributed by atoms with van der Waals surface area (Å²) in [5.41, 5.74) is 6.57. The molecule has 2 nitrogen and oxygen atoms in total. The number of benzene rings is 1. The molecule has 0 aliphatic carbocycles. The maximum absolute atomic E-state index is 5.63. The van der Waals surface area contributed by atoms with Gasteiger partial charge in [0.1, 0.15) is 5.75 Å². The summed E-state index contributed by atoms with van der Waals surface area (Å²) in [5.74, 6) is 0.966. The Labute approximate surface area is 96.4 Å². The lowest BCUT2D eigenvalue weighted by Gasteiger charge is -2.08. The average Bonchev–Trinajstić information content (AvgIpc) is 2.20. The molecule has 0 amide bonds. The highest BCUT2D eigenvalue weighted by atomic mass is 32.1. The van der Waals surface area contributed by atoms with Crippen molar-refractivity contribution in [2.75, 3.05) is 6.61 Å². The molecule has 3 heteroatoms. The van der Waals surface area contributed by atoms with Crippen LogP contribution in [0.2, 0.25) is 0 Å². The second-order valence-electron chi connectivity index (χ2n) is 3.54. The van der Waals surface area contributed by atoms with E-state index in [0.717, 1.165) is 31.6 Å². The standard InChI is InChI=1S/C12H17NOS/c1-10-6-2-3-7-11(10)14-9-5-4-8-12(13)15/h2-3,6-7H,4-5,8-9H2,1H3,(H2,13,15). The molecule has 0 bridgehead atoms. The molecule has 0 aromatic heterocycles. The van der Waals surface area contributed by atoms with Crippen LogP contribution in [0.3, 0.4) is 0 Å². The number of rotatable bonds is 6. The Morgan fingerprint density at radius 2 is 2.07 bits per heavy atom. The predicted molar refractivity (Wildman–Crippen MR) is 67.3 cm³/mol. The highest BCUT2D eigenvalue weighted by Crippen LogP contribution is 2.16. The normalized spacial score (nSPS) is 9.93. The lowest BCUT2D eigenvalue weighted by atomic mass is 10.2. The zero-order valence-electron chi connectivity index (χ0n) is 9.03. The number of nitrogens with two attached hydrogens (primary N) is 1. The lowest BCUT2D eigenvalue weighted by molar-refractivity contribution is 0.306. The zero-order chi connectivity index (χ0) is 11.1. The van der Waals surface area contributed by atoms with Gasteiger partial charge >= 0.3 is 0 Å². The summed E-state index contributed by atoms with van der Waals surface area (Å²) in [6.07, 6.45) is 2.80. The van der Waals surface area contributed by atoms with Crippen LogP contribution >= 0.6 is 12.2 Å². The minimum absolute atomic E-state index is 0.589. The molecule has 0 aliphatic heterocycles. The summed E-state index contributed by atoms with van der Waals surface area (Å²) in [6, 6.07) is 8.03. The molecule has 0 unspecified atom stereocenters. The van der Waals surface area contributed by atoms with Gasteiger partial charge in [0.15, 0.2) is 0 Å². The van der Waals surface area contributed by atoms with Gasteiger partial charge < -0.3 is 10.5 Å². The lowest BCUT2D eigenvalue weighted by Crippen LogP contribution is -2.08. The second kappa shape index (κ2) is 6.40. The van der Waals surface area contributed by atoms with Crippen LogP contribution in [-0.4, -0.2) is 11.6 Å². The van der Waals surface area contributed by atoms with Crippen LogP contribution in [0, 0.1) is 6.92 Å². The van der Waals surface area contributed by atoms with Gasteiger partial charge in [0.05, 0.1) is 11.6 Å². The van der Waals surface area contributed by atoms with Crippen LogP contribution in [0.4, 0.5) is 0 Å². The van der Waals surface area contributed by atoms with Crippen molar-refractivity contribution in [1.82, 2.24) is 0 Å². The number of ether oxygens (including phenoxy) is 1. The Balaban J connectivity index is 2.21. The molecule has 1 rings (SSSR count). The van der Waals surface area contributed by atoms with Gasteiger partial charge in [-0.25, -0.2) is 0 Å². The third-order valence-corrected chi connectivity index (χ3v) is 2.37. The maximum atomic E-state index is 5.63. The van der Waals surface area contributed by atoms with Crippen LogP contribution < -0.4 is 10.5 Å². The molecule has 15 heavy (non-hydrogen) atoms. The van der Waals surface area contributed by atoms with E-state index < -0.39 is 0 Å². The van der Waals surface area contributed by atoms with Crippen molar-refractivity contribution in [1.29, 1.82) is 0 Å². The van der Waals surface area contributed by atoms with Gasteiger partial charge in [-0.3, -0.25) is 0 Å². The molecule has 0 heterocycles. The first-order chi connectivity index (χ1) is 7.20. The van der Waals surface area contributed by atoms with Gasteiger partial charge in [-0.1, -0.05) is 30.4 Å². The summed E-state index contributed by atoms with van der Waals surface area (Å²) >= 11 is 4.80. The molecule has 0 atom stereocenters. The quantitative estimate of drug-likeness (QED) is 0.595. The number of hydrogen-bond acceptors (Lipinski definition) is 2. The Hall–Kier alpha value is -1.09. The van der Waals surface area contributed by atoms with E-state index in [2.05, 4.69) is 0 Å². The first-order valence-corrected chi connectivity index (χ1v) is 5.57. The van der Waals surface area contributed by atoms with E-state index in [1.165, 1.54) is 5.56 Å². The summed E-state index contributed by atoms with van der Waals surface area (Å²) < 4.78 is 5.63. The van der Waals surface area contributed by atoms with Gasteiger partial charge in [-0.05, 0) is 37.8 Å². The monoisotopic (exact) mass is 223 g/mol. The molecule has 82 valence electrons. The Morgan fingerprint density at radius 1 is 1.33 bits per heavy atom. The van der Waals surface area contributed by atoms with E-state index in [9.17, 15) is 0 Å². The van der Waals surface area contributed by atoms with E-state index in [0.29, 0.717) is 4.99 Å². The highest BCUT2D eigenvalue weighted by Gasteiger charge is 1.97. The van der Waals surface area contributed by atoms with Crippen molar-refractivity contribution in [3.8, 4) is 5.75 Å². The molecule has 0 saturated carbocycles. The average molecular weight is 223 g/mol. The summed E-state index contributed by atoms with van der Waals surface area (Å²) in [4.78, 5) is 0.589. The Kier molecular flexibility index (Phi) is 5.12. The number of para-hydroxylation sites is 1. The summed E-state index contributed by atoms with van der Waals surface area (Å²) in [5, 5.41) is 0. The summed E-state index contributed by atoms with van der Waals surface area (Å²) in [6.45, 7) is 2.78. The largest absolute Gasteiger partial charge is 0.493 e. The van der Waals surface area contributed by atoms with Gasteiger partial charge in [0, 0.05) is 0 Å². The molecule has 1 aromatic rings. The first kappa shape index (κ1) is 12.0. The fourth-order valence-corrected chi connectivity index (χ4v) is 1.45. The zero-order valence-corrected chi connectivity index (χ0v) is 9.85. The van der Waals surface area contributed by atoms with Crippen molar-refractivity contribution in [3.05, 3.63) is 29.8 Å². The molecule has 0 fully saturated rings. The van der Waals surface area contributed by atoms with Crippen molar-refractivity contribution >= 4 is 17.2 Å². The molecule has 0 aliphatic rings.